The van der Waals surface area contributed by atoms with E-state index in [0.717, 1.165) is 12.8 Å². The Kier molecular flexibility index (Phi) is 14.2. The molecule has 63 heavy (non-hydrogen) atoms. The lowest BCUT2D eigenvalue weighted by atomic mass is 10.0. The summed E-state index contributed by atoms with van der Waals surface area (Å²) in [6, 6.07) is 8.14. The summed E-state index contributed by atoms with van der Waals surface area (Å²) in [6.45, 7) is 4.16. The van der Waals surface area contributed by atoms with Gasteiger partial charge < -0.3 is 30.3 Å². The maximum Gasteiger partial charge on any atom is 0.410 e. The number of benzene rings is 2. The van der Waals surface area contributed by atoms with Crippen LogP contribution in [0.2, 0.25) is 0 Å². The second-order valence-corrected chi connectivity index (χ2v) is 18.5. The first-order valence-electron chi connectivity index (χ1n) is 21.5. The van der Waals surface area contributed by atoms with Crippen LogP contribution in [0.25, 0.3) is 0 Å². The van der Waals surface area contributed by atoms with Crippen molar-refractivity contribution in [2.45, 2.75) is 118 Å². The van der Waals surface area contributed by atoms with Crippen LogP contribution in [0.15, 0.2) is 60.0 Å². The van der Waals surface area contributed by atoms with Gasteiger partial charge in [0.2, 0.25) is 11.8 Å². The number of anilines is 1. The van der Waals surface area contributed by atoms with E-state index in [9.17, 15) is 45.6 Å². The van der Waals surface area contributed by atoms with Crippen molar-refractivity contribution >= 4 is 45.6 Å². The van der Waals surface area contributed by atoms with E-state index >= 15 is 0 Å². The van der Waals surface area contributed by atoms with E-state index in [-0.39, 0.29) is 50.3 Å². The quantitative estimate of drug-likeness (QED) is 0.300. The second kappa shape index (κ2) is 19.6. The summed E-state index contributed by atoms with van der Waals surface area (Å²) >= 11 is 0. The zero-order valence-corrected chi connectivity index (χ0v) is 35.7. The third-order valence-corrected chi connectivity index (χ3v) is 13.9. The zero-order valence-electron chi connectivity index (χ0n) is 34.9. The number of hydrogen-bond acceptors (Lipinski definition) is 11. The van der Waals surface area contributed by atoms with Gasteiger partial charge in [-0.15, -0.1) is 6.58 Å². The molecule has 1 spiro atoms. The minimum absolute atomic E-state index is 0.00569. The third-order valence-electron chi connectivity index (χ3n) is 12.5. The Labute approximate surface area is 364 Å². The Morgan fingerprint density at radius 3 is 2.43 bits per heavy atom. The molecule has 2 saturated heterocycles. The second-order valence-electron chi connectivity index (χ2n) is 16.9. The number of carbonyl (C=O) groups is 5. The maximum absolute atomic E-state index is 14.7. The van der Waals surface area contributed by atoms with E-state index in [4.69, 9.17) is 9.47 Å². The van der Waals surface area contributed by atoms with Crippen LogP contribution in [0.3, 0.4) is 0 Å². The Morgan fingerprint density at radius 2 is 1.70 bits per heavy atom. The van der Waals surface area contributed by atoms with Gasteiger partial charge in [0.1, 0.15) is 40.5 Å². The van der Waals surface area contributed by atoms with Gasteiger partial charge in [-0.1, -0.05) is 56.0 Å². The van der Waals surface area contributed by atoms with Crippen LogP contribution in [0.5, 0.6) is 0 Å². The van der Waals surface area contributed by atoms with Gasteiger partial charge in [0.25, 0.3) is 22.4 Å². The Morgan fingerprint density at radius 1 is 0.952 bits per heavy atom. The fourth-order valence-corrected chi connectivity index (χ4v) is 10.2. The number of piperidine rings is 1. The van der Waals surface area contributed by atoms with Crippen molar-refractivity contribution in [3.8, 4) is 0 Å². The van der Waals surface area contributed by atoms with E-state index < -0.39 is 87.9 Å². The largest absolute Gasteiger partial charge is 0.446 e. The predicted molar refractivity (Wildman–Crippen MR) is 222 cm³/mol. The standard InChI is InChI=1S/C43H54F3N7O9S/c1-2-28-22-43(28)40(56)50-63(59,60)36-15-8-7-13-33(36)47-18-9-5-3-4-6-14-34(48-41(57)61-29-16-19-51(20-17-29)26-37(45)46)39(55)53-24-30(21-35(53)38(54)49-43)62-42(58)52-23-27-11-10-12-32(44)31(27)25-52/h2,7-8,10-13,15,28-30,34-35,37,47H,1,3-6,9,14,16-26H2,(H,48,57)(H,49,54)(H,50,56)/t28-,30-,34+,35+,43-/m1/s1. The minimum atomic E-state index is -4.46. The van der Waals surface area contributed by atoms with Gasteiger partial charge in [-0.25, -0.2) is 35.9 Å². The molecule has 2 aromatic carbocycles. The number of nitrogens with one attached hydrogen (secondary N) is 4. The van der Waals surface area contributed by atoms with Crippen molar-refractivity contribution in [1.82, 2.24) is 30.1 Å². The molecule has 7 rings (SSSR count). The number of likely N-dealkylation sites (tertiary alicyclic amines) is 1. The van der Waals surface area contributed by atoms with E-state index in [1.54, 1.807) is 23.1 Å². The average Bonchev–Trinajstić information content (AvgIpc) is 3.53. The molecule has 0 bridgehead atoms. The SMILES string of the molecule is C=C[C@@H]1C[C@@]12NC(=O)[C@@H]1C[C@@H](OC(=O)N3Cc4cccc(F)c4C3)CN1C(=O)[C@@H](NC(=O)OC1CCN(CC(F)F)CC1)CCCCCCCNc1ccccc1S(=O)(=O)NC2=O. The summed E-state index contributed by atoms with van der Waals surface area (Å²) in [5.41, 5.74) is -0.497. The monoisotopic (exact) mass is 901 g/mol. The van der Waals surface area contributed by atoms with Gasteiger partial charge in [0.05, 0.1) is 25.3 Å². The predicted octanol–water partition coefficient (Wildman–Crippen LogP) is 4.40. The minimum Gasteiger partial charge on any atom is -0.446 e. The van der Waals surface area contributed by atoms with Crippen LogP contribution in [-0.2, 0) is 47.0 Å². The number of amides is 5. The molecule has 4 aliphatic heterocycles. The highest BCUT2D eigenvalue weighted by atomic mass is 32.2. The number of alkyl carbamates (subject to hydrolysis) is 1. The lowest BCUT2D eigenvalue weighted by molar-refractivity contribution is -0.141. The molecule has 0 aromatic heterocycles. The molecule has 5 amide bonds. The number of nitrogens with zero attached hydrogens (tertiary/aromatic N) is 3. The highest BCUT2D eigenvalue weighted by Crippen LogP contribution is 2.45. The molecule has 0 unspecified atom stereocenters. The smallest absolute Gasteiger partial charge is 0.410 e. The first-order chi connectivity index (χ1) is 30.2. The highest BCUT2D eigenvalue weighted by Gasteiger charge is 2.61. The molecular formula is C43H54F3N7O9S. The van der Waals surface area contributed by atoms with Crippen LogP contribution < -0.4 is 20.7 Å². The van der Waals surface area contributed by atoms with Crippen molar-refractivity contribution in [3.63, 3.8) is 0 Å². The molecule has 4 heterocycles. The molecule has 5 aliphatic rings. The number of hydrogen-bond donors (Lipinski definition) is 4. The Hall–Kier alpha value is -5.37. The van der Waals surface area contributed by atoms with Gasteiger partial charge in [-0.2, -0.15) is 0 Å². The summed E-state index contributed by atoms with van der Waals surface area (Å²) < 4.78 is 81.6. The lowest BCUT2D eigenvalue weighted by Crippen LogP contribution is -2.58. The van der Waals surface area contributed by atoms with Gasteiger partial charge in [0, 0.05) is 44.1 Å². The number of alkyl halides is 2. The number of halogens is 3. The normalized spacial score (nSPS) is 27.3. The van der Waals surface area contributed by atoms with E-state index in [1.807, 2.05) is 0 Å². The fraction of sp³-hybridized carbons (Fsp3) is 0.558. The molecular weight excluding hydrogens is 848 g/mol. The van der Waals surface area contributed by atoms with Gasteiger partial charge in [-0.3, -0.25) is 24.2 Å². The van der Waals surface area contributed by atoms with E-state index in [1.165, 1.54) is 40.1 Å². The van der Waals surface area contributed by atoms with Crippen LogP contribution in [-0.4, -0.2) is 122 Å². The zero-order chi connectivity index (χ0) is 44.9. The van der Waals surface area contributed by atoms with Gasteiger partial charge in [-0.05, 0) is 55.9 Å². The number of para-hydroxylation sites is 1. The highest BCUT2D eigenvalue weighted by molar-refractivity contribution is 7.90. The van der Waals surface area contributed by atoms with Crippen LogP contribution in [0, 0.1) is 11.7 Å². The topological polar surface area (TPSA) is 196 Å². The number of fused-ring (bicyclic) bond motifs is 3. The molecule has 1 saturated carbocycles. The summed E-state index contributed by atoms with van der Waals surface area (Å²) in [4.78, 5) is 74.0. The van der Waals surface area contributed by atoms with Crippen molar-refractivity contribution < 1.29 is 55.0 Å². The van der Waals surface area contributed by atoms with Crippen LogP contribution in [0.4, 0.5) is 28.4 Å². The first kappa shape index (κ1) is 45.6. The number of carbonyl (C=O) groups excluding carboxylic acids is 5. The average molecular weight is 902 g/mol. The molecule has 20 heteroatoms. The van der Waals surface area contributed by atoms with Crippen molar-refractivity contribution in [2.24, 2.45) is 5.92 Å². The van der Waals surface area contributed by atoms with E-state index in [0.29, 0.717) is 68.6 Å². The molecule has 1 aliphatic carbocycles. The molecule has 4 N–H and O–H groups in total. The first-order valence-corrected chi connectivity index (χ1v) is 23.0. The fourth-order valence-electron chi connectivity index (χ4n) is 8.97. The van der Waals surface area contributed by atoms with Gasteiger partial charge in [0.15, 0.2) is 0 Å². The molecule has 2 aromatic rings. The Bertz CT molecular complexity index is 2180. The number of rotatable bonds is 6. The maximum atomic E-state index is 14.7. The Balaban J connectivity index is 1.13. The summed E-state index contributed by atoms with van der Waals surface area (Å²) in [7, 11) is -4.46. The van der Waals surface area contributed by atoms with E-state index in [2.05, 4.69) is 27.3 Å². The van der Waals surface area contributed by atoms with Crippen molar-refractivity contribution in [3.05, 3.63) is 72.1 Å². The van der Waals surface area contributed by atoms with Gasteiger partial charge >= 0.3 is 12.2 Å². The lowest BCUT2D eigenvalue weighted by Gasteiger charge is -2.32. The summed E-state index contributed by atoms with van der Waals surface area (Å²) in [5.74, 6) is -3.66. The molecule has 3 fully saturated rings. The van der Waals surface area contributed by atoms with Crippen molar-refractivity contribution in [1.29, 1.82) is 0 Å². The molecule has 342 valence electrons. The summed E-state index contributed by atoms with van der Waals surface area (Å²) in [5, 5.41) is 8.55. The third kappa shape index (κ3) is 10.7. The van der Waals surface area contributed by atoms with Crippen LogP contribution in [0.1, 0.15) is 75.3 Å². The molecule has 0 radical (unpaired) electrons. The summed E-state index contributed by atoms with van der Waals surface area (Å²) in [6.07, 6.45) is -0.520. The number of ether oxygens (including phenoxy) is 2. The molecule has 5 atom stereocenters. The van der Waals surface area contributed by atoms with Crippen molar-refractivity contribution in [2.75, 3.05) is 38.0 Å². The molecule has 16 nitrogen and oxygen atoms in total. The van der Waals surface area contributed by atoms with Crippen LogP contribution >= 0.6 is 0 Å². The number of sulfonamides is 1.